The highest BCUT2D eigenvalue weighted by molar-refractivity contribution is 5.92. The number of rotatable bonds is 9. The molecule has 3 N–H and O–H groups in total. The number of alkyl carbamates (subject to hydrolysis) is 1. The number of aromatic hydroxyl groups is 1. The van der Waals surface area contributed by atoms with E-state index in [0.717, 1.165) is 5.56 Å². The molecule has 0 radical (unpaired) electrons. The molecular weight excluding hydrogens is 446 g/mol. The van der Waals surface area contributed by atoms with E-state index in [-0.39, 0.29) is 18.8 Å². The maximum atomic E-state index is 13.5. The minimum absolute atomic E-state index is 0.0472. The number of phenols is 1. The third kappa shape index (κ3) is 8.02. The zero-order valence-corrected chi connectivity index (χ0v) is 21.4. The fourth-order valence-corrected chi connectivity index (χ4v) is 3.64. The molecule has 2 unspecified atom stereocenters. The second-order valence-electron chi connectivity index (χ2n) is 9.52. The molecule has 0 aliphatic carbocycles. The monoisotopic (exact) mass is 483 g/mol. The summed E-state index contributed by atoms with van der Waals surface area (Å²) in [5.41, 5.74) is 1.10. The molecule has 0 aromatic heterocycles. The Morgan fingerprint density at radius 3 is 2.31 bits per heavy atom. The topological polar surface area (TPSA) is 108 Å². The maximum Gasteiger partial charge on any atom is 0.408 e. The van der Waals surface area contributed by atoms with Crippen molar-refractivity contribution >= 4 is 17.9 Å². The van der Waals surface area contributed by atoms with Crippen LogP contribution >= 0.6 is 0 Å². The number of aryl methyl sites for hydroxylation is 1. The van der Waals surface area contributed by atoms with Crippen LogP contribution in [0, 0.1) is 6.92 Å². The van der Waals surface area contributed by atoms with E-state index in [0.29, 0.717) is 17.5 Å². The first-order chi connectivity index (χ1) is 16.4. The van der Waals surface area contributed by atoms with Crippen LogP contribution in [-0.2, 0) is 20.9 Å². The molecule has 2 atom stereocenters. The van der Waals surface area contributed by atoms with Crippen LogP contribution in [0.4, 0.5) is 4.79 Å². The number of phenolic OH excluding ortho intramolecular Hbond substituents is 1. The second-order valence-corrected chi connectivity index (χ2v) is 9.52. The standard InChI is InChI=1S/C27H37N3O5/c1-7-16-30(25(33)19(3)29-26(34)35-27(4,5)6)22(21-15-11-12-18(2)23(21)31)24(32)28-17-20-13-9-8-10-14-20/h8-15,19,22,31H,7,16-17H2,1-6H3,(H,28,32)(H,29,34). The van der Waals surface area contributed by atoms with Gasteiger partial charge in [0.15, 0.2) is 0 Å². The molecule has 0 heterocycles. The first kappa shape index (κ1) is 27.7. The molecule has 0 aliphatic heterocycles. The quantitative estimate of drug-likeness (QED) is 0.495. The van der Waals surface area contributed by atoms with Gasteiger partial charge in [0.05, 0.1) is 0 Å². The molecule has 190 valence electrons. The smallest absolute Gasteiger partial charge is 0.408 e. The van der Waals surface area contributed by atoms with E-state index in [4.69, 9.17) is 4.74 Å². The second kappa shape index (κ2) is 12.2. The molecule has 2 aromatic rings. The predicted molar refractivity (Wildman–Crippen MR) is 135 cm³/mol. The van der Waals surface area contributed by atoms with Gasteiger partial charge in [-0.3, -0.25) is 9.59 Å². The average Bonchev–Trinajstić information content (AvgIpc) is 2.78. The zero-order valence-electron chi connectivity index (χ0n) is 21.4. The number of carbonyl (C=O) groups excluding carboxylic acids is 3. The summed E-state index contributed by atoms with van der Waals surface area (Å²) in [5.74, 6) is -0.937. The van der Waals surface area contributed by atoms with Crippen LogP contribution in [0.3, 0.4) is 0 Å². The highest BCUT2D eigenvalue weighted by Crippen LogP contribution is 2.32. The summed E-state index contributed by atoms with van der Waals surface area (Å²) >= 11 is 0. The van der Waals surface area contributed by atoms with Crippen molar-refractivity contribution in [1.29, 1.82) is 0 Å². The van der Waals surface area contributed by atoms with Crippen LogP contribution in [0.2, 0.25) is 0 Å². The van der Waals surface area contributed by atoms with Gasteiger partial charge in [0.1, 0.15) is 23.4 Å². The predicted octanol–water partition coefficient (Wildman–Crippen LogP) is 4.21. The van der Waals surface area contributed by atoms with Crippen molar-refractivity contribution in [3.05, 3.63) is 65.2 Å². The summed E-state index contributed by atoms with van der Waals surface area (Å²) in [6.07, 6.45) is -0.154. The molecule has 35 heavy (non-hydrogen) atoms. The number of hydrogen-bond acceptors (Lipinski definition) is 5. The van der Waals surface area contributed by atoms with E-state index in [1.165, 1.54) is 4.90 Å². The number of nitrogens with one attached hydrogen (secondary N) is 2. The number of amides is 3. The molecule has 2 aromatic carbocycles. The number of benzene rings is 2. The lowest BCUT2D eigenvalue weighted by molar-refractivity contribution is -0.142. The fourth-order valence-electron chi connectivity index (χ4n) is 3.64. The number of ether oxygens (including phenoxy) is 1. The van der Waals surface area contributed by atoms with Crippen molar-refractivity contribution in [3.63, 3.8) is 0 Å². The largest absolute Gasteiger partial charge is 0.507 e. The van der Waals surface area contributed by atoms with E-state index >= 15 is 0 Å². The summed E-state index contributed by atoms with van der Waals surface area (Å²) < 4.78 is 5.27. The van der Waals surface area contributed by atoms with E-state index in [1.807, 2.05) is 37.3 Å². The summed E-state index contributed by atoms with van der Waals surface area (Å²) in [4.78, 5) is 40.7. The highest BCUT2D eigenvalue weighted by atomic mass is 16.6. The Kier molecular flexibility index (Phi) is 9.68. The first-order valence-electron chi connectivity index (χ1n) is 11.8. The normalized spacial score (nSPS) is 12.9. The van der Waals surface area contributed by atoms with Gasteiger partial charge in [-0.15, -0.1) is 0 Å². The third-order valence-corrected chi connectivity index (χ3v) is 5.28. The summed E-state index contributed by atoms with van der Waals surface area (Å²) in [6.45, 7) is 10.9. The Hall–Kier alpha value is -3.55. The SMILES string of the molecule is CCCN(C(=O)C(C)NC(=O)OC(C)(C)C)C(C(=O)NCc1ccccc1)c1cccc(C)c1O. The van der Waals surface area contributed by atoms with Gasteiger partial charge in [-0.05, 0) is 52.2 Å². The summed E-state index contributed by atoms with van der Waals surface area (Å²) in [7, 11) is 0. The molecule has 0 saturated heterocycles. The highest BCUT2D eigenvalue weighted by Gasteiger charge is 2.35. The van der Waals surface area contributed by atoms with Gasteiger partial charge in [-0.1, -0.05) is 55.5 Å². The number of hydrogen-bond donors (Lipinski definition) is 3. The molecule has 0 bridgehead atoms. The Labute approximate surface area is 207 Å². The van der Waals surface area contributed by atoms with Crippen molar-refractivity contribution in [3.8, 4) is 5.75 Å². The summed E-state index contributed by atoms with van der Waals surface area (Å²) in [6, 6.07) is 12.5. The lowest BCUT2D eigenvalue weighted by Crippen LogP contribution is -2.52. The third-order valence-electron chi connectivity index (χ3n) is 5.28. The van der Waals surface area contributed by atoms with E-state index in [1.54, 1.807) is 52.8 Å². The maximum absolute atomic E-state index is 13.5. The molecule has 0 aliphatic rings. The zero-order chi connectivity index (χ0) is 26.2. The van der Waals surface area contributed by atoms with Crippen LogP contribution in [0.25, 0.3) is 0 Å². The van der Waals surface area contributed by atoms with Gasteiger partial charge in [-0.25, -0.2) is 4.79 Å². The molecule has 0 saturated carbocycles. The number of para-hydroxylation sites is 1. The van der Waals surface area contributed by atoms with Crippen molar-refractivity contribution in [2.75, 3.05) is 6.54 Å². The Balaban J connectivity index is 2.37. The average molecular weight is 484 g/mol. The molecule has 3 amide bonds. The van der Waals surface area contributed by atoms with Gasteiger partial charge >= 0.3 is 6.09 Å². The van der Waals surface area contributed by atoms with E-state index < -0.39 is 35.6 Å². The number of carbonyl (C=O) groups is 3. The van der Waals surface area contributed by atoms with Crippen LogP contribution in [-0.4, -0.2) is 46.1 Å². The van der Waals surface area contributed by atoms with Gasteiger partial charge < -0.3 is 25.4 Å². The Morgan fingerprint density at radius 1 is 1.06 bits per heavy atom. The van der Waals surface area contributed by atoms with Crippen LogP contribution in [0.1, 0.15) is 63.8 Å². The number of nitrogens with zero attached hydrogens (tertiary/aromatic N) is 1. The minimum Gasteiger partial charge on any atom is -0.507 e. The Morgan fingerprint density at radius 2 is 1.71 bits per heavy atom. The fraction of sp³-hybridized carbons (Fsp3) is 0.444. The molecule has 0 spiro atoms. The van der Waals surface area contributed by atoms with Crippen LogP contribution in [0.5, 0.6) is 5.75 Å². The van der Waals surface area contributed by atoms with Crippen molar-refractivity contribution < 1.29 is 24.2 Å². The van der Waals surface area contributed by atoms with Crippen LogP contribution < -0.4 is 10.6 Å². The molecular formula is C27H37N3O5. The van der Waals surface area contributed by atoms with Gasteiger partial charge in [0.2, 0.25) is 11.8 Å². The molecule has 2 rings (SSSR count). The lowest BCUT2D eigenvalue weighted by Gasteiger charge is -2.34. The first-order valence-corrected chi connectivity index (χ1v) is 11.8. The lowest BCUT2D eigenvalue weighted by atomic mass is 9.99. The van der Waals surface area contributed by atoms with Crippen molar-refractivity contribution in [2.45, 2.75) is 72.2 Å². The molecule has 8 heteroatoms. The van der Waals surface area contributed by atoms with Gasteiger partial charge in [0.25, 0.3) is 0 Å². The molecule has 8 nitrogen and oxygen atoms in total. The van der Waals surface area contributed by atoms with Gasteiger partial charge in [0, 0.05) is 18.7 Å². The Bertz CT molecular complexity index is 1020. The van der Waals surface area contributed by atoms with E-state index in [9.17, 15) is 19.5 Å². The summed E-state index contributed by atoms with van der Waals surface area (Å²) in [5, 5.41) is 16.3. The molecule has 0 fully saturated rings. The van der Waals surface area contributed by atoms with Crippen LogP contribution in [0.15, 0.2) is 48.5 Å². The minimum atomic E-state index is -1.09. The van der Waals surface area contributed by atoms with Crippen molar-refractivity contribution in [1.82, 2.24) is 15.5 Å². The van der Waals surface area contributed by atoms with Gasteiger partial charge in [-0.2, -0.15) is 0 Å². The van der Waals surface area contributed by atoms with E-state index in [2.05, 4.69) is 10.6 Å². The van der Waals surface area contributed by atoms with Crippen molar-refractivity contribution in [2.24, 2.45) is 0 Å².